The minimum Gasteiger partial charge on any atom is -0.497 e. The number of alkyl halides is 3. The Bertz CT molecular complexity index is 465. The Hall–Kier alpha value is -1.92. The molecule has 0 aromatic heterocycles. The van der Waals surface area contributed by atoms with Crippen LogP contribution in [0.3, 0.4) is 0 Å². The standard InChI is InChI=1S/C13H15F3N2O2/c1-20-11-4-2-10(3-5-11)17-6-8-18(9-7-17)12(19)13(14,15)16/h2-5H,6-9H2,1H3. The quantitative estimate of drug-likeness (QED) is 0.833. The van der Waals surface area contributed by atoms with Crippen molar-refractivity contribution in [2.45, 2.75) is 6.18 Å². The molecule has 0 aliphatic carbocycles. The van der Waals surface area contributed by atoms with Crippen LogP contribution in [0.5, 0.6) is 5.75 Å². The van der Waals surface area contributed by atoms with Crippen LogP contribution in [0.4, 0.5) is 18.9 Å². The molecule has 2 rings (SSSR count). The zero-order valence-electron chi connectivity index (χ0n) is 11.0. The third-order valence-corrected chi connectivity index (χ3v) is 3.25. The van der Waals surface area contributed by atoms with Crippen LogP contribution in [0.2, 0.25) is 0 Å². The molecule has 0 bridgehead atoms. The van der Waals surface area contributed by atoms with E-state index in [2.05, 4.69) is 0 Å². The first kappa shape index (κ1) is 14.5. The van der Waals surface area contributed by atoms with Crippen LogP contribution in [-0.2, 0) is 4.79 Å². The number of anilines is 1. The van der Waals surface area contributed by atoms with Crippen LogP contribution < -0.4 is 9.64 Å². The van der Waals surface area contributed by atoms with Crippen LogP contribution in [0.1, 0.15) is 0 Å². The van der Waals surface area contributed by atoms with Crippen molar-refractivity contribution in [3.8, 4) is 5.75 Å². The van der Waals surface area contributed by atoms with Gasteiger partial charge in [0.05, 0.1) is 7.11 Å². The van der Waals surface area contributed by atoms with Crippen molar-refractivity contribution in [1.29, 1.82) is 0 Å². The summed E-state index contributed by atoms with van der Waals surface area (Å²) in [5.74, 6) is -1.04. The molecule has 0 spiro atoms. The molecule has 1 amide bonds. The second kappa shape index (κ2) is 5.60. The maximum atomic E-state index is 12.3. The van der Waals surface area contributed by atoms with Gasteiger partial charge in [-0.15, -0.1) is 0 Å². The highest BCUT2D eigenvalue weighted by atomic mass is 19.4. The molecule has 1 fully saturated rings. The Kier molecular flexibility index (Phi) is 4.06. The van der Waals surface area contributed by atoms with Gasteiger partial charge in [0, 0.05) is 31.9 Å². The molecular formula is C13H15F3N2O2. The molecular weight excluding hydrogens is 273 g/mol. The molecule has 1 heterocycles. The van der Waals surface area contributed by atoms with E-state index in [-0.39, 0.29) is 13.1 Å². The van der Waals surface area contributed by atoms with Gasteiger partial charge in [-0.05, 0) is 24.3 Å². The van der Waals surface area contributed by atoms with Crippen LogP contribution in [0.25, 0.3) is 0 Å². The Morgan fingerprint density at radius 3 is 2.10 bits per heavy atom. The summed E-state index contributed by atoms with van der Waals surface area (Å²) < 4.78 is 42.0. The molecule has 0 unspecified atom stereocenters. The van der Waals surface area contributed by atoms with E-state index < -0.39 is 12.1 Å². The van der Waals surface area contributed by atoms with Gasteiger partial charge < -0.3 is 14.5 Å². The molecule has 1 aromatic rings. The number of halogens is 3. The van der Waals surface area contributed by atoms with Crippen molar-refractivity contribution in [3.63, 3.8) is 0 Å². The van der Waals surface area contributed by atoms with Crippen molar-refractivity contribution in [1.82, 2.24) is 4.90 Å². The highest BCUT2D eigenvalue weighted by molar-refractivity contribution is 5.82. The fraction of sp³-hybridized carbons (Fsp3) is 0.462. The van der Waals surface area contributed by atoms with Crippen molar-refractivity contribution in [2.24, 2.45) is 0 Å². The van der Waals surface area contributed by atoms with Crippen LogP contribution in [0, 0.1) is 0 Å². The predicted octanol–water partition coefficient (Wildman–Crippen LogP) is 1.91. The van der Waals surface area contributed by atoms with E-state index in [1.54, 1.807) is 19.2 Å². The summed E-state index contributed by atoms with van der Waals surface area (Å²) >= 11 is 0. The number of carbonyl (C=O) groups is 1. The predicted molar refractivity (Wildman–Crippen MR) is 67.8 cm³/mol. The minimum atomic E-state index is -4.79. The monoisotopic (exact) mass is 288 g/mol. The highest BCUT2D eigenvalue weighted by Crippen LogP contribution is 2.23. The first-order valence-corrected chi connectivity index (χ1v) is 6.17. The second-order valence-electron chi connectivity index (χ2n) is 4.48. The Balaban J connectivity index is 1.95. The molecule has 1 aromatic carbocycles. The summed E-state index contributed by atoms with van der Waals surface area (Å²) in [6.45, 7) is 0.914. The molecule has 20 heavy (non-hydrogen) atoms. The Labute approximate surface area is 114 Å². The number of benzene rings is 1. The normalized spacial score (nSPS) is 16.2. The lowest BCUT2D eigenvalue weighted by Gasteiger charge is -2.36. The van der Waals surface area contributed by atoms with E-state index in [0.29, 0.717) is 13.1 Å². The summed E-state index contributed by atoms with van der Waals surface area (Å²) in [5.41, 5.74) is 0.907. The number of nitrogens with zero attached hydrogens (tertiary/aromatic N) is 2. The highest BCUT2D eigenvalue weighted by Gasteiger charge is 2.43. The van der Waals surface area contributed by atoms with Crippen molar-refractivity contribution < 1.29 is 22.7 Å². The third kappa shape index (κ3) is 3.15. The zero-order chi connectivity index (χ0) is 14.8. The summed E-state index contributed by atoms with van der Waals surface area (Å²) in [5, 5.41) is 0. The number of carbonyl (C=O) groups excluding carboxylic acids is 1. The molecule has 0 saturated carbocycles. The Morgan fingerprint density at radius 1 is 1.10 bits per heavy atom. The van der Waals surface area contributed by atoms with E-state index in [9.17, 15) is 18.0 Å². The molecule has 1 aliphatic heterocycles. The first-order chi connectivity index (χ1) is 9.41. The summed E-state index contributed by atoms with van der Waals surface area (Å²) in [6, 6.07) is 7.28. The summed E-state index contributed by atoms with van der Waals surface area (Å²) in [7, 11) is 1.57. The van der Waals surface area contributed by atoms with Gasteiger partial charge in [-0.1, -0.05) is 0 Å². The first-order valence-electron chi connectivity index (χ1n) is 6.17. The number of ether oxygens (including phenoxy) is 1. The van der Waals surface area contributed by atoms with Crippen LogP contribution in [-0.4, -0.2) is 50.3 Å². The van der Waals surface area contributed by atoms with E-state index >= 15 is 0 Å². The fourth-order valence-electron chi connectivity index (χ4n) is 2.14. The molecule has 1 saturated heterocycles. The smallest absolute Gasteiger partial charge is 0.471 e. The van der Waals surface area contributed by atoms with Gasteiger partial charge in [0.15, 0.2) is 0 Å². The largest absolute Gasteiger partial charge is 0.497 e. The summed E-state index contributed by atoms with van der Waals surface area (Å²) in [4.78, 5) is 13.9. The number of hydrogen-bond donors (Lipinski definition) is 0. The maximum Gasteiger partial charge on any atom is 0.471 e. The van der Waals surface area contributed by atoms with Gasteiger partial charge in [0.2, 0.25) is 0 Å². The maximum absolute atomic E-state index is 12.3. The van der Waals surface area contributed by atoms with Crippen LogP contribution >= 0.6 is 0 Å². The molecule has 0 atom stereocenters. The zero-order valence-corrected chi connectivity index (χ0v) is 11.0. The van der Waals surface area contributed by atoms with Gasteiger partial charge in [-0.25, -0.2) is 0 Å². The Morgan fingerprint density at radius 2 is 1.65 bits per heavy atom. The van der Waals surface area contributed by atoms with E-state index in [1.807, 2.05) is 17.0 Å². The lowest BCUT2D eigenvalue weighted by atomic mass is 10.2. The molecule has 0 radical (unpaired) electrons. The molecule has 7 heteroatoms. The number of amides is 1. The van der Waals surface area contributed by atoms with E-state index in [1.165, 1.54) is 0 Å². The third-order valence-electron chi connectivity index (χ3n) is 3.25. The van der Waals surface area contributed by atoms with E-state index in [4.69, 9.17) is 4.74 Å². The molecule has 4 nitrogen and oxygen atoms in total. The molecule has 110 valence electrons. The van der Waals surface area contributed by atoms with Gasteiger partial charge in [0.25, 0.3) is 0 Å². The number of methoxy groups -OCH3 is 1. The lowest BCUT2D eigenvalue weighted by molar-refractivity contribution is -0.185. The average molecular weight is 288 g/mol. The minimum absolute atomic E-state index is 0.0738. The van der Waals surface area contributed by atoms with Crippen molar-refractivity contribution >= 4 is 11.6 Å². The van der Waals surface area contributed by atoms with E-state index in [0.717, 1.165) is 16.3 Å². The van der Waals surface area contributed by atoms with Gasteiger partial charge in [-0.2, -0.15) is 13.2 Å². The van der Waals surface area contributed by atoms with Crippen LogP contribution in [0.15, 0.2) is 24.3 Å². The van der Waals surface area contributed by atoms with Gasteiger partial charge in [-0.3, -0.25) is 4.79 Å². The van der Waals surface area contributed by atoms with Crippen molar-refractivity contribution in [2.75, 3.05) is 38.2 Å². The number of piperazine rings is 1. The topological polar surface area (TPSA) is 32.8 Å². The number of hydrogen-bond acceptors (Lipinski definition) is 3. The van der Waals surface area contributed by atoms with Crippen molar-refractivity contribution in [3.05, 3.63) is 24.3 Å². The SMILES string of the molecule is COc1ccc(N2CCN(C(=O)C(F)(F)F)CC2)cc1. The molecule has 0 N–H and O–H groups in total. The lowest BCUT2D eigenvalue weighted by Crippen LogP contribution is -2.52. The molecule has 1 aliphatic rings. The summed E-state index contributed by atoms with van der Waals surface area (Å²) in [6.07, 6.45) is -4.79. The fourth-order valence-corrected chi connectivity index (χ4v) is 2.14. The van der Waals surface area contributed by atoms with Gasteiger partial charge in [0.1, 0.15) is 5.75 Å². The van der Waals surface area contributed by atoms with Gasteiger partial charge >= 0.3 is 12.1 Å². The average Bonchev–Trinajstić information content (AvgIpc) is 2.46. The second-order valence-corrected chi connectivity index (χ2v) is 4.48. The number of rotatable bonds is 2.